The van der Waals surface area contributed by atoms with Crippen LogP contribution in [0.5, 0.6) is 0 Å². The van der Waals surface area contributed by atoms with Gasteiger partial charge in [0.05, 0.1) is 13.1 Å². The van der Waals surface area contributed by atoms with Gasteiger partial charge in [0.2, 0.25) is 5.91 Å². The van der Waals surface area contributed by atoms with Crippen molar-refractivity contribution in [3.05, 3.63) is 12.2 Å². The van der Waals surface area contributed by atoms with Gasteiger partial charge in [-0.05, 0) is 6.92 Å². The zero-order valence-electron chi connectivity index (χ0n) is 7.49. The molecule has 0 saturated carbocycles. The van der Waals surface area contributed by atoms with Crippen LogP contribution < -0.4 is 42.0 Å². The summed E-state index contributed by atoms with van der Waals surface area (Å²) in [6.07, 6.45) is 0. The van der Waals surface area contributed by atoms with Gasteiger partial charge in [0.1, 0.15) is 0 Å². The van der Waals surface area contributed by atoms with Crippen LogP contribution in [0, 0.1) is 0 Å². The number of halogens is 2. The smallest absolute Gasteiger partial charge is 0.246 e. The van der Waals surface area contributed by atoms with Crippen LogP contribution in [0.2, 0.25) is 0 Å². The monoisotopic (exact) mass is 217 g/mol. The van der Waals surface area contributed by atoms with E-state index < -0.39 is 0 Å². The second-order valence-corrected chi connectivity index (χ2v) is 1.89. The highest BCUT2D eigenvalue weighted by Crippen LogP contribution is 1.82. The van der Waals surface area contributed by atoms with E-state index in [0.29, 0.717) is 12.1 Å². The molecule has 4 nitrogen and oxygen atoms in total. The molecule has 0 aliphatic carbocycles. The second-order valence-electron chi connectivity index (χ2n) is 1.89. The Balaban J connectivity index is -0.000000107. The minimum atomic E-state index is -0.0846. The van der Waals surface area contributed by atoms with Gasteiger partial charge < -0.3 is 42.0 Å². The summed E-state index contributed by atoms with van der Waals surface area (Å²) < 4.78 is 0. The van der Waals surface area contributed by atoms with Gasteiger partial charge in [-0.1, -0.05) is 6.58 Å². The van der Waals surface area contributed by atoms with Crippen molar-refractivity contribution in [3.63, 3.8) is 0 Å². The van der Waals surface area contributed by atoms with E-state index in [1.807, 2.05) is 0 Å². The molecule has 0 spiro atoms. The number of carbonyl (C=O) groups excluding carboxylic acids is 1. The summed E-state index contributed by atoms with van der Waals surface area (Å²) in [4.78, 5) is 10.7. The number of rotatable bonds is 3. The average molecular weight is 218 g/mol. The SMILES string of the molecule is C=C(C)C(=O)NCC[NH3+].[Cl-].[Cl-].[NH4+]. The van der Waals surface area contributed by atoms with Crippen LogP contribution in [0.15, 0.2) is 12.2 Å². The Morgan fingerprint density at radius 1 is 1.50 bits per heavy atom. The fourth-order valence-electron chi connectivity index (χ4n) is 0.353. The molecule has 0 fully saturated rings. The van der Waals surface area contributed by atoms with Gasteiger partial charge in [-0.15, -0.1) is 0 Å². The second kappa shape index (κ2) is 13.3. The summed E-state index contributed by atoms with van der Waals surface area (Å²) in [5.41, 5.74) is 4.12. The zero-order valence-corrected chi connectivity index (χ0v) is 9.00. The molecule has 0 rings (SSSR count). The number of hydrogen-bond acceptors (Lipinski definition) is 1. The van der Waals surface area contributed by atoms with Crippen LogP contribution in [0.3, 0.4) is 0 Å². The number of hydrogen-bond donors (Lipinski definition) is 3. The third-order valence-electron chi connectivity index (χ3n) is 0.850. The molecule has 76 valence electrons. The number of quaternary nitrogens is 2. The Bertz CT molecular complexity index is 130. The summed E-state index contributed by atoms with van der Waals surface area (Å²) in [6.45, 7) is 6.51. The Kier molecular flexibility index (Phi) is 25.1. The average Bonchev–Trinajstić information content (AvgIpc) is 1.82. The van der Waals surface area contributed by atoms with E-state index >= 15 is 0 Å². The topological polar surface area (TPSA) is 93.2 Å². The molecule has 0 aromatic heterocycles. The minimum Gasteiger partial charge on any atom is -1.00 e. The maximum atomic E-state index is 10.7. The third-order valence-corrected chi connectivity index (χ3v) is 0.850. The first kappa shape index (κ1) is 22.6. The predicted molar refractivity (Wildman–Crippen MR) is 41.6 cm³/mol. The number of nitrogens with one attached hydrogen (secondary N) is 1. The van der Waals surface area contributed by atoms with Crippen LogP contribution in [0.1, 0.15) is 6.92 Å². The maximum Gasteiger partial charge on any atom is 0.246 e. The summed E-state index contributed by atoms with van der Waals surface area (Å²) in [5.74, 6) is -0.0846. The third kappa shape index (κ3) is 12.4. The Labute approximate surface area is 85.4 Å². The maximum absolute atomic E-state index is 10.7. The van der Waals surface area contributed by atoms with E-state index in [2.05, 4.69) is 17.6 Å². The van der Waals surface area contributed by atoms with E-state index in [0.717, 1.165) is 6.54 Å². The van der Waals surface area contributed by atoms with E-state index in [-0.39, 0.29) is 36.9 Å². The van der Waals surface area contributed by atoms with E-state index in [9.17, 15) is 4.79 Å². The molecule has 0 aliphatic rings. The molecule has 0 saturated heterocycles. The van der Waals surface area contributed by atoms with Gasteiger partial charge in [0, 0.05) is 5.57 Å². The number of carbonyl (C=O) groups is 1. The highest BCUT2D eigenvalue weighted by atomic mass is 35.5. The quantitative estimate of drug-likeness (QED) is 0.403. The van der Waals surface area contributed by atoms with E-state index in [1.54, 1.807) is 6.92 Å². The lowest BCUT2D eigenvalue weighted by molar-refractivity contribution is -0.364. The molecule has 0 unspecified atom stereocenters. The van der Waals surface area contributed by atoms with Crippen molar-refractivity contribution in [2.45, 2.75) is 6.92 Å². The first-order valence-electron chi connectivity index (χ1n) is 2.91. The van der Waals surface area contributed by atoms with E-state index in [4.69, 9.17) is 0 Å². The molecule has 0 aromatic carbocycles. The van der Waals surface area contributed by atoms with Crippen LogP contribution in [-0.4, -0.2) is 19.0 Å². The van der Waals surface area contributed by atoms with Crippen LogP contribution in [0.25, 0.3) is 0 Å². The fourth-order valence-corrected chi connectivity index (χ4v) is 0.353. The molecule has 0 heterocycles. The molecule has 0 radical (unpaired) electrons. The standard InChI is InChI=1S/C6H12N2O.2ClH.H3N/c1-5(2)6(9)8-4-3-7;;;/h1,3-4,7H2,2H3,(H,8,9);2*1H;1H3. The van der Waals surface area contributed by atoms with Gasteiger partial charge in [-0.2, -0.15) is 0 Å². The normalized spacial score (nSPS) is 6.50. The molecule has 1 amide bonds. The molecular weight excluding hydrogens is 201 g/mol. The van der Waals surface area contributed by atoms with Gasteiger partial charge in [0.15, 0.2) is 0 Å². The molecule has 0 aliphatic heterocycles. The van der Waals surface area contributed by atoms with Crippen molar-refractivity contribution in [2.24, 2.45) is 0 Å². The highest BCUT2D eigenvalue weighted by molar-refractivity contribution is 5.91. The molecule has 8 N–H and O–H groups in total. The summed E-state index contributed by atoms with van der Waals surface area (Å²) >= 11 is 0. The van der Waals surface area contributed by atoms with Crippen molar-refractivity contribution >= 4 is 5.91 Å². The zero-order chi connectivity index (χ0) is 7.28. The molecule has 12 heavy (non-hydrogen) atoms. The lowest BCUT2D eigenvalue weighted by atomic mass is 10.3. The lowest BCUT2D eigenvalue weighted by Crippen LogP contribution is -3.00. The molecular formula is C6H17Cl2N3O. The Hall–Kier alpha value is -0.290. The van der Waals surface area contributed by atoms with Gasteiger partial charge in [0.25, 0.3) is 0 Å². The van der Waals surface area contributed by atoms with Crippen LogP contribution in [0.4, 0.5) is 0 Å². The summed E-state index contributed by atoms with van der Waals surface area (Å²) in [5, 5.41) is 2.63. The molecule has 0 bridgehead atoms. The summed E-state index contributed by atoms with van der Waals surface area (Å²) in [7, 11) is 0. The lowest BCUT2D eigenvalue weighted by Gasteiger charge is -1.98. The van der Waals surface area contributed by atoms with E-state index in [1.165, 1.54) is 0 Å². The number of amides is 1. The fraction of sp³-hybridized carbons (Fsp3) is 0.500. The predicted octanol–water partition coefficient (Wildman–Crippen LogP) is -6.70. The Morgan fingerprint density at radius 2 is 1.92 bits per heavy atom. The van der Waals surface area contributed by atoms with Gasteiger partial charge >= 0.3 is 0 Å². The highest BCUT2D eigenvalue weighted by Gasteiger charge is 1.97. The van der Waals surface area contributed by atoms with Crippen molar-refractivity contribution in [1.29, 1.82) is 0 Å². The minimum absolute atomic E-state index is 0. The van der Waals surface area contributed by atoms with Gasteiger partial charge in [-0.25, -0.2) is 0 Å². The largest absolute Gasteiger partial charge is 1.00 e. The van der Waals surface area contributed by atoms with Gasteiger partial charge in [-0.3, -0.25) is 4.79 Å². The molecule has 0 aromatic rings. The summed E-state index contributed by atoms with van der Waals surface area (Å²) in [6, 6.07) is 0. The van der Waals surface area contributed by atoms with Crippen LogP contribution >= 0.6 is 0 Å². The Morgan fingerprint density at radius 3 is 2.17 bits per heavy atom. The van der Waals surface area contributed by atoms with Crippen molar-refractivity contribution in [3.8, 4) is 0 Å². The first-order valence-corrected chi connectivity index (χ1v) is 2.91. The first-order chi connectivity index (χ1) is 4.18. The van der Waals surface area contributed by atoms with Crippen molar-refractivity contribution in [1.82, 2.24) is 11.5 Å². The molecule has 0 atom stereocenters. The van der Waals surface area contributed by atoms with Crippen molar-refractivity contribution < 1.29 is 35.3 Å². The molecule has 6 heteroatoms. The van der Waals surface area contributed by atoms with Crippen molar-refractivity contribution in [2.75, 3.05) is 13.1 Å². The van der Waals surface area contributed by atoms with Crippen LogP contribution in [-0.2, 0) is 4.79 Å².